The molecule has 0 radical (unpaired) electrons. The minimum Gasteiger partial charge on any atom is -0.508 e. The number of hydrogen-bond donors (Lipinski definition) is 1. The van der Waals surface area contributed by atoms with Crippen molar-refractivity contribution >= 4 is 0 Å². The average molecular weight is 322 g/mol. The maximum atomic E-state index is 9.97. The van der Waals surface area contributed by atoms with E-state index in [1.165, 1.54) is 0 Å². The van der Waals surface area contributed by atoms with Gasteiger partial charge in [0.1, 0.15) is 18.1 Å². The van der Waals surface area contributed by atoms with Gasteiger partial charge in [0.05, 0.1) is 11.4 Å². The Bertz CT molecular complexity index is 861. The van der Waals surface area contributed by atoms with Gasteiger partial charge in [-0.25, -0.2) is 4.68 Å². The zero-order valence-electron chi connectivity index (χ0n) is 14.5. The first-order valence-electron chi connectivity index (χ1n) is 8.00. The molecule has 3 rings (SSSR count). The lowest BCUT2D eigenvalue weighted by Crippen LogP contribution is -2.02. The molecule has 24 heavy (non-hydrogen) atoms. The van der Waals surface area contributed by atoms with Crippen LogP contribution in [0.4, 0.5) is 0 Å². The minimum atomic E-state index is 0.270. The lowest BCUT2D eigenvalue weighted by molar-refractivity contribution is 0.296. The topological polar surface area (TPSA) is 47.3 Å². The number of aromatic nitrogens is 2. The fourth-order valence-corrected chi connectivity index (χ4v) is 2.84. The Kier molecular flexibility index (Phi) is 4.30. The second-order valence-corrected chi connectivity index (χ2v) is 6.15. The molecule has 0 atom stereocenters. The molecule has 0 bridgehead atoms. The van der Waals surface area contributed by atoms with E-state index in [-0.39, 0.29) is 5.75 Å². The van der Waals surface area contributed by atoms with Crippen LogP contribution in [0, 0.1) is 27.7 Å². The van der Waals surface area contributed by atoms with Crippen LogP contribution in [0.1, 0.15) is 28.1 Å². The number of benzene rings is 2. The number of ether oxygens (including phenoxy) is 1. The third kappa shape index (κ3) is 3.13. The normalized spacial score (nSPS) is 10.8. The Balaban J connectivity index is 1.82. The predicted molar refractivity (Wildman–Crippen MR) is 95.0 cm³/mol. The Morgan fingerprint density at radius 1 is 1.00 bits per heavy atom. The molecule has 2 aromatic carbocycles. The molecule has 0 aliphatic rings. The highest BCUT2D eigenvalue weighted by molar-refractivity contribution is 5.45. The van der Waals surface area contributed by atoms with Crippen LogP contribution in [0.25, 0.3) is 5.69 Å². The second-order valence-electron chi connectivity index (χ2n) is 6.15. The summed E-state index contributed by atoms with van der Waals surface area (Å²) in [6.45, 7) is 8.36. The van der Waals surface area contributed by atoms with Gasteiger partial charge in [-0.3, -0.25) is 0 Å². The van der Waals surface area contributed by atoms with Gasteiger partial charge in [0.25, 0.3) is 0 Å². The monoisotopic (exact) mass is 322 g/mol. The molecule has 1 aromatic heterocycles. The first-order valence-corrected chi connectivity index (χ1v) is 8.00. The summed E-state index contributed by atoms with van der Waals surface area (Å²) in [5.41, 5.74) is 6.00. The molecule has 0 aliphatic heterocycles. The fourth-order valence-electron chi connectivity index (χ4n) is 2.84. The smallest absolute Gasteiger partial charge is 0.122 e. The standard InChI is InChI=1S/C20H22N2O2/c1-13-6-5-7-19(23)18(13)12-24-20-9-8-17(10-14(20)2)22-16(4)11-15(3)21-22/h5-11,23H,12H2,1-4H3. The van der Waals surface area contributed by atoms with E-state index < -0.39 is 0 Å². The summed E-state index contributed by atoms with van der Waals surface area (Å²) < 4.78 is 7.85. The first kappa shape index (κ1) is 16.1. The number of rotatable bonds is 4. The van der Waals surface area contributed by atoms with Crippen LogP contribution >= 0.6 is 0 Å². The van der Waals surface area contributed by atoms with Crippen molar-refractivity contribution in [3.63, 3.8) is 0 Å². The number of aromatic hydroxyl groups is 1. The minimum absolute atomic E-state index is 0.270. The van der Waals surface area contributed by atoms with Crippen molar-refractivity contribution in [1.29, 1.82) is 0 Å². The molecule has 3 aromatic rings. The zero-order chi connectivity index (χ0) is 17.3. The van der Waals surface area contributed by atoms with E-state index in [0.29, 0.717) is 6.61 Å². The summed E-state index contributed by atoms with van der Waals surface area (Å²) in [5, 5.41) is 14.5. The molecule has 1 heterocycles. The molecule has 0 saturated heterocycles. The zero-order valence-corrected chi connectivity index (χ0v) is 14.5. The van der Waals surface area contributed by atoms with Crippen LogP contribution in [-0.4, -0.2) is 14.9 Å². The van der Waals surface area contributed by atoms with E-state index in [9.17, 15) is 5.11 Å². The third-order valence-electron chi connectivity index (χ3n) is 4.17. The van der Waals surface area contributed by atoms with Gasteiger partial charge in [-0.2, -0.15) is 5.10 Å². The lowest BCUT2D eigenvalue weighted by Gasteiger charge is -2.13. The van der Waals surface area contributed by atoms with E-state index in [0.717, 1.165) is 39.5 Å². The molecule has 4 heteroatoms. The number of phenolic OH excluding ortho intramolecular Hbond substituents is 1. The molecule has 0 fully saturated rings. The highest BCUT2D eigenvalue weighted by atomic mass is 16.5. The van der Waals surface area contributed by atoms with Crippen molar-refractivity contribution in [1.82, 2.24) is 9.78 Å². The van der Waals surface area contributed by atoms with Crippen LogP contribution in [0.5, 0.6) is 11.5 Å². The third-order valence-corrected chi connectivity index (χ3v) is 4.17. The second kappa shape index (κ2) is 6.40. The molecule has 124 valence electrons. The molecule has 0 aliphatic carbocycles. The Morgan fingerprint density at radius 3 is 2.42 bits per heavy atom. The summed E-state index contributed by atoms with van der Waals surface area (Å²) in [5.74, 6) is 1.08. The molecule has 0 saturated carbocycles. The van der Waals surface area contributed by atoms with Crippen LogP contribution in [0.2, 0.25) is 0 Å². The van der Waals surface area contributed by atoms with E-state index >= 15 is 0 Å². The Hall–Kier alpha value is -2.75. The van der Waals surface area contributed by atoms with E-state index in [1.807, 2.05) is 56.6 Å². The molecule has 0 spiro atoms. The largest absolute Gasteiger partial charge is 0.508 e. The van der Waals surface area contributed by atoms with Gasteiger partial charge in [0, 0.05) is 11.3 Å². The van der Waals surface area contributed by atoms with Gasteiger partial charge in [-0.15, -0.1) is 0 Å². The number of aryl methyl sites for hydroxylation is 4. The van der Waals surface area contributed by atoms with Crippen LogP contribution in [-0.2, 0) is 6.61 Å². The summed E-state index contributed by atoms with van der Waals surface area (Å²) in [4.78, 5) is 0. The van der Waals surface area contributed by atoms with Crippen molar-refractivity contribution in [3.05, 3.63) is 70.5 Å². The lowest BCUT2D eigenvalue weighted by atomic mass is 10.1. The van der Waals surface area contributed by atoms with Crippen molar-refractivity contribution in [3.8, 4) is 17.2 Å². The fraction of sp³-hybridized carbons (Fsp3) is 0.250. The molecule has 1 N–H and O–H groups in total. The summed E-state index contributed by atoms with van der Waals surface area (Å²) in [7, 11) is 0. The van der Waals surface area contributed by atoms with Gasteiger partial charge in [0.15, 0.2) is 0 Å². The van der Waals surface area contributed by atoms with Crippen LogP contribution < -0.4 is 4.74 Å². The van der Waals surface area contributed by atoms with Gasteiger partial charge in [-0.05, 0) is 69.2 Å². The maximum Gasteiger partial charge on any atom is 0.122 e. The van der Waals surface area contributed by atoms with Crippen molar-refractivity contribution < 1.29 is 9.84 Å². The van der Waals surface area contributed by atoms with Gasteiger partial charge < -0.3 is 9.84 Å². The molecule has 0 unspecified atom stereocenters. The van der Waals surface area contributed by atoms with Crippen LogP contribution in [0.15, 0.2) is 42.5 Å². The van der Waals surface area contributed by atoms with Crippen molar-refractivity contribution in [2.24, 2.45) is 0 Å². The molecular weight excluding hydrogens is 300 g/mol. The molecule has 0 amide bonds. The summed E-state index contributed by atoms with van der Waals surface area (Å²) in [6, 6.07) is 13.6. The highest BCUT2D eigenvalue weighted by Gasteiger charge is 2.09. The molecular formula is C20H22N2O2. The van der Waals surface area contributed by atoms with Gasteiger partial charge in [0.2, 0.25) is 0 Å². The average Bonchev–Trinajstić information content (AvgIpc) is 2.86. The first-order chi connectivity index (χ1) is 11.5. The maximum absolute atomic E-state index is 9.97. The van der Waals surface area contributed by atoms with Crippen LogP contribution in [0.3, 0.4) is 0 Å². The predicted octanol–water partition coefficient (Wildman–Crippen LogP) is 4.39. The number of nitrogens with zero attached hydrogens (tertiary/aromatic N) is 2. The quantitative estimate of drug-likeness (QED) is 0.775. The van der Waals surface area contributed by atoms with Gasteiger partial charge in [-0.1, -0.05) is 12.1 Å². The van der Waals surface area contributed by atoms with Crippen molar-refractivity contribution in [2.45, 2.75) is 34.3 Å². The van der Waals surface area contributed by atoms with Crippen molar-refractivity contribution in [2.75, 3.05) is 0 Å². The van der Waals surface area contributed by atoms with E-state index in [4.69, 9.17) is 4.74 Å². The van der Waals surface area contributed by atoms with Gasteiger partial charge >= 0.3 is 0 Å². The summed E-state index contributed by atoms with van der Waals surface area (Å²) in [6.07, 6.45) is 0. The SMILES string of the molecule is Cc1cc(C)n(-c2ccc(OCc3c(C)cccc3O)c(C)c2)n1. The summed E-state index contributed by atoms with van der Waals surface area (Å²) >= 11 is 0. The highest BCUT2D eigenvalue weighted by Crippen LogP contribution is 2.26. The molecule has 4 nitrogen and oxygen atoms in total. The number of hydrogen-bond acceptors (Lipinski definition) is 3. The van der Waals surface area contributed by atoms with E-state index in [1.54, 1.807) is 6.07 Å². The Labute approximate surface area is 142 Å². The number of phenols is 1. The Morgan fingerprint density at radius 2 is 1.79 bits per heavy atom. The van der Waals surface area contributed by atoms with E-state index in [2.05, 4.69) is 17.2 Å².